The third-order valence-corrected chi connectivity index (χ3v) is 3.42. The lowest BCUT2D eigenvalue weighted by atomic mass is 10.1. The molecule has 2 aromatic carbocycles. The van der Waals surface area contributed by atoms with Crippen LogP contribution in [0.5, 0.6) is 5.75 Å². The van der Waals surface area contributed by atoms with E-state index in [1.807, 2.05) is 38.1 Å². The Kier molecular flexibility index (Phi) is 3.74. The summed E-state index contributed by atoms with van der Waals surface area (Å²) in [6.45, 7) is 4.01. The van der Waals surface area contributed by atoms with E-state index in [4.69, 9.17) is 0 Å². The van der Waals surface area contributed by atoms with Gasteiger partial charge in [0.05, 0.1) is 17.4 Å². The van der Waals surface area contributed by atoms with Crippen molar-refractivity contribution < 1.29 is 5.11 Å². The van der Waals surface area contributed by atoms with E-state index in [2.05, 4.69) is 21.6 Å². The number of fused-ring (bicyclic) bond motifs is 1. The Bertz CT molecular complexity index is 856. The van der Waals surface area contributed by atoms with Gasteiger partial charge >= 0.3 is 0 Å². The number of phenolic OH excluding ortho intramolecular Hbond substituents is 1. The fourth-order valence-corrected chi connectivity index (χ4v) is 2.33. The molecule has 0 spiro atoms. The summed E-state index contributed by atoms with van der Waals surface area (Å²) in [5.74, 6) is 0.208. The molecule has 0 unspecified atom stereocenters. The van der Waals surface area contributed by atoms with E-state index in [9.17, 15) is 5.11 Å². The molecular formula is C18H17N3O. The Balaban J connectivity index is 1.94. The van der Waals surface area contributed by atoms with Gasteiger partial charge in [0.1, 0.15) is 5.75 Å². The first-order chi connectivity index (χ1) is 10.6. The number of phenols is 1. The standard InChI is InChI=1S/C18H17N3O/c1-12-7-8-16-15(9-12)17(10-13(2)20-16)21-19-11-14-5-3-4-6-18(14)22/h3-11,22H,1-2H3,(H,20,21)/b19-11+. The largest absolute Gasteiger partial charge is 0.507 e. The fourth-order valence-electron chi connectivity index (χ4n) is 2.33. The zero-order valence-electron chi connectivity index (χ0n) is 12.5. The van der Waals surface area contributed by atoms with Crippen LogP contribution in [0.1, 0.15) is 16.8 Å². The van der Waals surface area contributed by atoms with E-state index in [1.165, 1.54) is 5.56 Å². The molecule has 0 radical (unpaired) electrons. The van der Waals surface area contributed by atoms with Crippen molar-refractivity contribution in [3.63, 3.8) is 0 Å². The molecule has 0 saturated heterocycles. The Morgan fingerprint density at radius 2 is 1.91 bits per heavy atom. The van der Waals surface area contributed by atoms with Crippen molar-refractivity contribution in [2.24, 2.45) is 5.10 Å². The quantitative estimate of drug-likeness (QED) is 0.566. The smallest absolute Gasteiger partial charge is 0.124 e. The third kappa shape index (κ3) is 2.91. The second kappa shape index (κ2) is 5.85. The molecule has 2 N–H and O–H groups in total. The van der Waals surface area contributed by atoms with Crippen LogP contribution in [0.4, 0.5) is 5.69 Å². The van der Waals surface area contributed by atoms with Crippen molar-refractivity contribution in [3.05, 3.63) is 65.4 Å². The Morgan fingerprint density at radius 3 is 2.73 bits per heavy atom. The summed E-state index contributed by atoms with van der Waals surface area (Å²) in [5.41, 5.74) is 7.65. The Morgan fingerprint density at radius 1 is 1.09 bits per heavy atom. The minimum absolute atomic E-state index is 0.208. The van der Waals surface area contributed by atoms with Crippen LogP contribution in [0.2, 0.25) is 0 Å². The monoisotopic (exact) mass is 291 g/mol. The lowest BCUT2D eigenvalue weighted by Crippen LogP contribution is -1.95. The molecule has 0 bridgehead atoms. The predicted octanol–water partition coefficient (Wildman–Crippen LogP) is 4.00. The summed E-state index contributed by atoms with van der Waals surface area (Å²) in [4.78, 5) is 4.53. The van der Waals surface area contributed by atoms with Crippen LogP contribution < -0.4 is 5.43 Å². The minimum atomic E-state index is 0.208. The highest BCUT2D eigenvalue weighted by molar-refractivity contribution is 5.92. The molecule has 0 aliphatic rings. The van der Waals surface area contributed by atoms with Gasteiger partial charge in [0.2, 0.25) is 0 Å². The van der Waals surface area contributed by atoms with Crippen molar-refractivity contribution >= 4 is 22.8 Å². The normalized spacial score (nSPS) is 11.2. The zero-order valence-corrected chi connectivity index (χ0v) is 12.5. The summed E-state index contributed by atoms with van der Waals surface area (Å²) in [7, 11) is 0. The van der Waals surface area contributed by atoms with Crippen LogP contribution in [-0.2, 0) is 0 Å². The van der Waals surface area contributed by atoms with Gasteiger partial charge in [-0.3, -0.25) is 10.4 Å². The van der Waals surface area contributed by atoms with Gasteiger partial charge in [-0.25, -0.2) is 0 Å². The maximum Gasteiger partial charge on any atom is 0.124 e. The van der Waals surface area contributed by atoms with Gasteiger partial charge in [0.15, 0.2) is 0 Å². The zero-order chi connectivity index (χ0) is 15.5. The van der Waals surface area contributed by atoms with Gasteiger partial charge < -0.3 is 5.11 Å². The van der Waals surface area contributed by atoms with E-state index >= 15 is 0 Å². The van der Waals surface area contributed by atoms with E-state index in [0.29, 0.717) is 5.56 Å². The fraction of sp³-hybridized carbons (Fsp3) is 0.111. The molecule has 0 amide bonds. The number of hydrogen-bond acceptors (Lipinski definition) is 4. The highest BCUT2D eigenvalue weighted by atomic mass is 16.3. The molecule has 0 aliphatic heterocycles. The summed E-state index contributed by atoms with van der Waals surface area (Å²) in [5, 5.41) is 15.0. The van der Waals surface area contributed by atoms with Crippen LogP contribution in [0, 0.1) is 13.8 Å². The topological polar surface area (TPSA) is 57.5 Å². The van der Waals surface area contributed by atoms with E-state index in [0.717, 1.165) is 22.3 Å². The molecule has 4 heteroatoms. The van der Waals surface area contributed by atoms with Gasteiger partial charge in [-0.1, -0.05) is 23.8 Å². The first-order valence-corrected chi connectivity index (χ1v) is 7.08. The number of hydrazone groups is 1. The molecule has 110 valence electrons. The number of para-hydroxylation sites is 1. The van der Waals surface area contributed by atoms with Crippen molar-refractivity contribution in [1.29, 1.82) is 0 Å². The summed E-state index contributed by atoms with van der Waals surface area (Å²) in [6.07, 6.45) is 1.60. The Hall–Kier alpha value is -2.88. The van der Waals surface area contributed by atoms with Crippen LogP contribution in [0.3, 0.4) is 0 Å². The molecular weight excluding hydrogens is 274 g/mol. The van der Waals surface area contributed by atoms with E-state index in [-0.39, 0.29) is 5.75 Å². The van der Waals surface area contributed by atoms with Crippen LogP contribution in [0.25, 0.3) is 10.9 Å². The molecule has 3 aromatic rings. The summed E-state index contributed by atoms with van der Waals surface area (Å²) >= 11 is 0. The number of pyridine rings is 1. The van der Waals surface area contributed by atoms with Gasteiger partial charge in [-0.2, -0.15) is 5.10 Å². The molecule has 1 heterocycles. The van der Waals surface area contributed by atoms with Gasteiger partial charge in [-0.15, -0.1) is 0 Å². The highest BCUT2D eigenvalue weighted by Gasteiger charge is 2.04. The number of benzene rings is 2. The number of aromatic nitrogens is 1. The predicted molar refractivity (Wildman–Crippen MR) is 90.5 cm³/mol. The van der Waals surface area contributed by atoms with Crippen LogP contribution in [0.15, 0.2) is 53.6 Å². The molecule has 4 nitrogen and oxygen atoms in total. The number of rotatable bonds is 3. The maximum atomic E-state index is 9.73. The van der Waals surface area contributed by atoms with Crippen molar-refractivity contribution in [1.82, 2.24) is 4.98 Å². The number of nitrogens with zero attached hydrogens (tertiary/aromatic N) is 2. The van der Waals surface area contributed by atoms with Gasteiger partial charge in [0, 0.05) is 16.6 Å². The van der Waals surface area contributed by atoms with E-state index < -0.39 is 0 Å². The second-order valence-electron chi connectivity index (χ2n) is 5.26. The highest BCUT2D eigenvalue weighted by Crippen LogP contribution is 2.24. The molecule has 0 aliphatic carbocycles. The summed E-state index contributed by atoms with van der Waals surface area (Å²) < 4.78 is 0. The van der Waals surface area contributed by atoms with Gasteiger partial charge in [-0.05, 0) is 44.2 Å². The van der Waals surface area contributed by atoms with Crippen molar-refractivity contribution in [3.8, 4) is 5.75 Å². The maximum absolute atomic E-state index is 9.73. The lowest BCUT2D eigenvalue weighted by Gasteiger charge is -2.08. The third-order valence-electron chi connectivity index (χ3n) is 3.42. The Labute approximate surface area is 129 Å². The van der Waals surface area contributed by atoms with E-state index in [1.54, 1.807) is 24.4 Å². The lowest BCUT2D eigenvalue weighted by molar-refractivity contribution is 0.474. The number of hydrogen-bond donors (Lipinski definition) is 2. The molecule has 22 heavy (non-hydrogen) atoms. The molecule has 3 rings (SSSR count). The number of anilines is 1. The summed E-state index contributed by atoms with van der Waals surface area (Å²) in [6, 6.07) is 15.2. The second-order valence-corrected chi connectivity index (χ2v) is 5.26. The first-order valence-electron chi connectivity index (χ1n) is 7.08. The average molecular weight is 291 g/mol. The average Bonchev–Trinajstić information content (AvgIpc) is 2.50. The number of nitrogens with one attached hydrogen (secondary N) is 1. The number of aryl methyl sites for hydroxylation is 2. The first kappa shape index (κ1) is 14.1. The van der Waals surface area contributed by atoms with Crippen molar-refractivity contribution in [2.75, 3.05) is 5.43 Å². The van der Waals surface area contributed by atoms with Crippen molar-refractivity contribution in [2.45, 2.75) is 13.8 Å². The van der Waals surface area contributed by atoms with Crippen LogP contribution in [-0.4, -0.2) is 16.3 Å². The minimum Gasteiger partial charge on any atom is -0.507 e. The molecule has 0 saturated carbocycles. The molecule has 1 aromatic heterocycles. The van der Waals surface area contributed by atoms with Crippen LogP contribution >= 0.6 is 0 Å². The van der Waals surface area contributed by atoms with Gasteiger partial charge in [0.25, 0.3) is 0 Å². The molecule has 0 atom stereocenters. The SMILES string of the molecule is Cc1ccc2nc(C)cc(N/N=C/c3ccccc3O)c2c1. The number of aromatic hydroxyl groups is 1. The molecule has 0 fully saturated rings.